The normalized spacial score (nSPS) is 31.2. The fraction of sp³-hybridized carbons (Fsp3) is 0.667. The predicted molar refractivity (Wildman–Crippen MR) is 101 cm³/mol. The van der Waals surface area contributed by atoms with Crippen LogP contribution < -0.4 is 5.32 Å². The zero-order valence-electron chi connectivity index (χ0n) is 16.4. The van der Waals surface area contributed by atoms with Crippen molar-refractivity contribution < 1.29 is 14.3 Å². The Morgan fingerprint density at radius 3 is 2.67 bits per heavy atom. The highest BCUT2D eigenvalue weighted by molar-refractivity contribution is 5.82. The van der Waals surface area contributed by atoms with Crippen molar-refractivity contribution in [2.45, 2.75) is 45.1 Å². The van der Waals surface area contributed by atoms with E-state index in [0.29, 0.717) is 23.7 Å². The number of fused-ring (bicyclic) bond motifs is 1. The van der Waals surface area contributed by atoms with Crippen molar-refractivity contribution in [1.29, 1.82) is 0 Å². The van der Waals surface area contributed by atoms with Gasteiger partial charge in [0, 0.05) is 37.9 Å². The molecule has 0 unspecified atom stereocenters. The smallest absolute Gasteiger partial charge is 0.410 e. The zero-order valence-corrected chi connectivity index (χ0v) is 16.4. The maximum atomic E-state index is 12.3. The van der Waals surface area contributed by atoms with Gasteiger partial charge in [-0.05, 0) is 68.9 Å². The summed E-state index contributed by atoms with van der Waals surface area (Å²) >= 11 is 0. The van der Waals surface area contributed by atoms with Crippen LogP contribution in [0.4, 0.5) is 4.79 Å². The molecule has 0 spiro atoms. The molecule has 3 fully saturated rings. The third-order valence-electron chi connectivity index (χ3n) is 6.04. The standard InChI is InChI=1S/C21H29N3O3/c1-21(2,3)27-20(26)24-11-17-14(18(17)12-24)6-8-23-19(25)16-9-15(16)13-5-4-7-22-10-13/h4-5,7,10,14-18H,6,8-9,11-12H2,1-3H3,(H,23,25)/t14-,15-,16+,17-,18+/m1/s1. The molecule has 146 valence electrons. The van der Waals surface area contributed by atoms with Gasteiger partial charge in [-0.3, -0.25) is 9.78 Å². The number of nitrogens with zero attached hydrogens (tertiary/aromatic N) is 2. The molecule has 1 aliphatic heterocycles. The summed E-state index contributed by atoms with van der Waals surface area (Å²) in [5.74, 6) is 2.41. The van der Waals surface area contributed by atoms with Crippen LogP contribution in [0, 0.1) is 23.7 Å². The average molecular weight is 371 g/mol. The first-order valence-electron chi connectivity index (χ1n) is 9.99. The molecule has 0 radical (unpaired) electrons. The highest BCUT2D eigenvalue weighted by Gasteiger charge is 2.56. The number of aromatic nitrogens is 1. The molecule has 0 bridgehead atoms. The Kier molecular flexibility index (Phi) is 4.60. The van der Waals surface area contributed by atoms with Gasteiger partial charge >= 0.3 is 6.09 Å². The lowest BCUT2D eigenvalue weighted by atomic mass is 10.1. The van der Waals surface area contributed by atoms with Gasteiger partial charge in [0.2, 0.25) is 5.91 Å². The first-order valence-corrected chi connectivity index (χ1v) is 9.99. The molecule has 3 aliphatic rings. The van der Waals surface area contributed by atoms with Crippen molar-refractivity contribution >= 4 is 12.0 Å². The fourth-order valence-corrected chi connectivity index (χ4v) is 4.49. The Morgan fingerprint density at radius 2 is 2.04 bits per heavy atom. The van der Waals surface area contributed by atoms with E-state index < -0.39 is 5.60 Å². The van der Waals surface area contributed by atoms with Gasteiger partial charge in [-0.25, -0.2) is 4.79 Å². The van der Waals surface area contributed by atoms with Crippen LogP contribution in [0.5, 0.6) is 0 Å². The number of carbonyl (C=O) groups is 2. The lowest BCUT2D eigenvalue weighted by Gasteiger charge is -2.25. The van der Waals surface area contributed by atoms with Crippen molar-refractivity contribution in [1.82, 2.24) is 15.2 Å². The fourth-order valence-electron chi connectivity index (χ4n) is 4.49. The monoisotopic (exact) mass is 371 g/mol. The molecule has 1 aromatic heterocycles. The molecule has 27 heavy (non-hydrogen) atoms. The van der Waals surface area contributed by atoms with Gasteiger partial charge in [-0.2, -0.15) is 0 Å². The highest BCUT2D eigenvalue weighted by Crippen LogP contribution is 2.53. The molecule has 0 aromatic carbocycles. The molecule has 2 heterocycles. The zero-order chi connectivity index (χ0) is 19.2. The van der Waals surface area contributed by atoms with Crippen molar-refractivity contribution in [2.75, 3.05) is 19.6 Å². The van der Waals surface area contributed by atoms with Gasteiger partial charge in [0.15, 0.2) is 0 Å². The summed E-state index contributed by atoms with van der Waals surface area (Å²) < 4.78 is 5.44. The maximum absolute atomic E-state index is 12.3. The molecule has 2 aliphatic carbocycles. The van der Waals surface area contributed by atoms with Crippen LogP contribution in [0.2, 0.25) is 0 Å². The Bertz CT molecular complexity index is 703. The number of nitrogens with one attached hydrogen (secondary N) is 1. The van der Waals surface area contributed by atoms with E-state index in [1.807, 2.05) is 44.0 Å². The Hall–Kier alpha value is -2.11. The number of pyridine rings is 1. The molecular formula is C21H29N3O3. The highest BCUT2D eigenvalue weighted by atomic mass is 16.6. The number of likely N-dealkylation sites (tertiary alicyclic amines) is 1. The number of piperidine rings is 1. The molecule has 2 amide bonds. The predicted octanol–water partition coefficient (Wildman–Crippen LogP) is 2.80. The van der Waals surface area contributed by atoms with Crippen molar-refractivity contribution in [3.05, 3.63) is 30.1 Å². The van der Waals surface area contributed by atoms with Crippen LogP contribution in [-0.2, 0) is 9.53 Å². The van der Waals surface area contributed by atoms with E-state index in [2.05, 4.69) is 10.3 Å². The van der Waals surface area contributed by atoms with Crippen LogP contribution >= 0.6 is 0 Å². The lowest BCUT2D eigenvalue weighted by Crippen LogP contribution is -2.37. The van der Waals surface area contributed by atoms with Gasteiger partial charge in [0.05, 0.1) is 0 Å². The number of hydrogen-bond donors (Lipinski definition) is 1. The molecule has 6 nitrogen and oxygen atoms in total. The number of hydrogen-bond acceptors (Lipinski definition) is 4. The minimum Gasteiger partial charge on any atom is -0.444 e. The first kappa shape index (κ1) is 18.3. The third kappa shape index (κ3) is 4.09. The quantitative estimate of drug-likeness (QED) is 0.864. The molecule has 1 saturated heterocycles. The topological polar surface area (TPSA) is 71.5 Å². The van der Waals surface area contributed by atoms with Crippen molar-refractivity contribution in [2.24, 2.45) is 23.7 Å². The SMILES string of the molecule is CC(C)(C)OC(=O)N1C[C@@H]2[C@@H](CCNC(=O)[C@H]3C[C@@H]3c3cccnc3)[C@@H]2C1. The van der Waals surface area contributed by atoms with E-state index in [1.54, 1.807) is 6.20 Å². The Labute approximate surface area is 160 Å². The summed E-state index contributed by atoms with van der Waals surface area (Å²) in [5, 5.41) is 3.11. The summed E-state index contributed by atoms with van der Waals surface area (Å²) in [4.78, 5) is 30.4. The van der Waals surface area contributed by atoms with Crippen LogP contribution in [0.25, 0.3) is 0 Å². The van der Waals surface area contributed by atoms with E-state index in [0.717, 1.165) is 38.0 Å². The minimum atomic E-state index is -0.440. The summed E-state index contributed by atoms with van der Waals surface area (Å²) in [6.45, 7) is 8.01. The molecule has 6 heteroatoms. The van der Waals surface area contributed by atoms with Gasteiger partial charge in [0.25, 0.3) is 0 Å². The Balaban J connectivity index is 1.14. The first-order chi connectivity index (χ1) is 12.8. The average Bonchev–Trinajstić information content (AvgIpc) is 3.49. The van der Waals surface area contributed by atoms with Gasteiger partial charge in [-0.1, -0.05) is 6.07 Å². The second-order valence-corrected chi connectivity index (χ2v) is 9.19. The lowest BCUT2D eigenvalue weighted by molar-refractivity contribution is -0.122. The van der Waals surface area contributed by atoms with E-state index in [9.17, 15) is 9.59 Å². The largest absolute Gasteiger partial charge is 0.444 e. The summed E-state index contributed by atoms with van der Waals surface area (Å²) in [5.41, 5.74) is 0.723. The van der Waals surface area contributed by atoms with E-state index in [1.165, 1.54) is 0 Å². The summed E-state index contributed by atoms with van der Waals surface area (Å²) in [6, 6.07) is 3.97. The van der Waals surface area contributed by atoms with Crippen molar-refractivity contribution in [3.8, 4) is 0 Å². The van der Waals surface area contributed by atoms with Crippen LogP contribution in [0.3, 0.4) is 0 Å². The Morgan fingerprint density at radius 1 is 1.30 bits per heavy atom. The second-order valence-electron chi connectivity index (χ2n) is 9.19. The summed E-state index contributed by atoms with van der Waals surface area (Å²) in [6.07, 6.45) is 5.36. The molecule has 5 atom stereocenters. The number of rotatable bonds is 5. The molecule has 2 saturated carbocycles. The molecule has 1 N–H and O–H groups in total. The maximum Gasteiger partial charge on any atom is 0.410 e. The van der Waals surface area contributed by atoms with Crippen LogP contribution in [0.1, 0.15) is 45.1 Å². The van der Waals surface area contributed by atoms with Gasteiger partial charge in [0.1, 0.15) is 5.60 Å². The second kappa shape index (κ2) is 6.80. The van der Waals surface area contributed by atoms with Crippen LogP contribution in [-0.4, -0.2) is 47.1 Å². The minimum absolute atomic E-state index is 0.107. The van der Waals surface area contributed by atoms with E-state index >= 15 is 0 Å². The molecular weight excluding hydrogens is 342 g/mol. The van der Waals surface area contributed by atoms with Gasteiger partial charge in [-0.15, -0.1) is 0 Å². The number of ether oxygens (including phenoxy) is 1. The number of carbonyl (C=O) groups excluding carboxylic acids is 2. The van der Waals surface area contributed by atoms with E-state index in [-0.39, 0.29) is 17.9 Å². The number of amides is 2. The third-order valence-corrected chi connectivity index (χ3v) is 6.04. The molecule has 1 aromatic rings. The van der Waals surface area contributed by atoms with E-state index in [4.69, 9.17) is 4.74 Å². The van der Waals surface area contributed by atoms with Crippen LogP contribution in [0.15, 0.2) is 24.5 Å². The summed E-state index contributed by atoms with van der Waals surface area (Å²) in [7, 11) is 0. The van der Waals surface area contributed by atoms with Gasteiger partial charge < -0.3 is 15.0 Å². The molecule has 4 rings (SSSR count). The van der Waals surface area contributed by atoms with Crippen molar-refractivity contribution in [3.63, 3.8) is 0 Å².